The number of ether oxygens (including phenoxy) is 3. The van der Waals surface area contributed by atoms with E-state index in [1.807, 2.05) is 0 Å². The molecule has 4 N–H and O–H groups in total. The Bertz CT molecular complexity index is 1190. The standard InChI is InChI=1S/C38H62O8/c1-21(2)23-11-16-38(20-44-22(3)40)18-17-36(7)24(29(23)38)9-10-27-35(6)14-13-28(34(4,5)26(35)12-15-37(27,36)8)46-32-31(42)30(41)25(19-39)45-33(32)43/h23-33,39,41-43H,1,9-20H2,2-8H3/t23-,24+,25-,26-,27+,28?,29+,30-,31-,32+,33+,35-,36+,37+,38+/m0/s1. The molecule has 0 aromatic carbocycles. The highest BCUT2D eigenvalue weighted by atomic mass is 16.7. The molecule has 8 heteroatoms. The number of hydrogen-bond acceptors (Lipinski definition) is 8. The highest BCUT2D eigenvalue weighted by Gasteiger charge is 2.71. The van der Waals surface area contributed by atoms with E-state index >= 15 is 0 Å². The maximum absolute atomic E-state index is 12.0. The summed E-state index contributed by atoms with van der Waals surface area (Å²) in [6.45, 7) is 20.7. The Labute approximate surface area is 276 Å². The largest absolute Gasteiger partial charge is 0.465 e. The van der Waals surface area contributed by atoms with E-state index < -0.39 is 37.3 Å². The van der Waals surface area contributed by atoms with E-state index in [4.69, 9.17) is 14.2 Å². The SMILES string of the molecule is C=C(C)[C@@H]1CC[C@]2(COC(C)=O)CC[C@]3(C)[C@H](CC[C@@H]4[C@@]5(C)CCC(O[C@@H]6[C@@H](O)[C@@H](O)[C@H](CO)O[C@H]6O)C(C)(C)[C@@H]5CC[C@]43C)[C@@H]12. The van der Waals surface area contributed by atoms with Gasteiger partial charge in [0.1, 0.15) is 24.4 Å². The predicted octanol–water partition coefficient (Wildman–Crippen LogP) is 5.39. The zero-order valence-electron chi connectivity index (χ0n) is 29.5. The van der Waals surface area contributed by atoms with Gasteiger partial charge in [-0.2, -0.15) is 0 Å². The van der Waals surface area contributed by atoms with Gasteiger partial charge >= 0.3 is 5.97 Å². The van der Waals surface area contributed by atoms with Crippen molar-refractivity contribution in [2.45, 2.75) is 149 Å². The molecule has 0 spiro atoms. The summed E-state index contributed by atoms with van der Waals surface area (Å²) in [7, 11) is 0. The minimum atomic E-state index is -1.41. The minimum absolute atomic E-state index is 0.0594. The molecule has 262 valence electrons. The van der Waals surface area contributed by atoms with Crippen LogP contribution in [-0.4, -0.2) is 76.4 Å². The molecule has 5 aliphatic carbocycles. The molecule has 8 nitrogen and oxygen atoms in total. The van der Waals surface area contributed by atoms with Crippen LogP contribution in [-0.2, 0) is 19.0 Å². The average Bonchev–Trinajstić information content (AvgIpc) is 3.37. The number of fused-ring (bicyclic) bond motifs is 7. The van der Waals surface area contributed by atoms with Crippen LogP contribution in [0.2, 0.25) is 0 Å². The quantitative estimate of drug-likeness (QED) is 0.224. The summed E-state index contributed by atoms with van der Waals surface area (Å²) in [5, 5.41) is 41.6. The van der Waals surface area contributed by atoms with Crippen molar-refractivity contribution in [3.8, 4) is 0 Å². The molecule has 0 aromatic rings. The maximum atomic E-state index is 12.0. The Balaban J connectivity index is 1.26. The third-order valence-electron chi connectivity index (χ3n) is 15.9. The summed E-state index contributed by atoms with van der Waals surface area (Å²) < 4.78 is 17.8. The van der Waals surface area contributed by atoms with E-state index in [0.29, 0.717) is 36.2 Å². The lowest BCUT2D eigenvalue weighted by molar-refractivity contribution is -0.320. The lowest BCUT2D eigenvalue weighted by Crippen LogP contribution is -2.67. The summed E-state index contributed by atoms with van der Waals surface area (Å²) in [4.78, 5) is 12.0. The normalized spacial score (nSPS) is 52.9. The van der Waals surface area contributed by atoms with Gasteiger partial charge in [0.25, 0.3) is 0 Å². The molecule has 15 atom stereocenters. The second-order valence-electron chi connectivity index (χ2n) is 18.0. The number of carbonyl (C=O) groups is 1. The highest BCUT2D eigenvalue weighted by Crippen LogP contribution is 2.77. The second kappa shape index (κ2) is 11.8. The molecule has 46 heavy (non-hydrogen) atoms. The number of aliphatic hydroxyl groups excluding tert-OH is 4. The van der Waals surface area contributed by atoms with Gasteiger partial charge in [0.2, 0.25) is 0 Å². The van der Waals surface area contributed by atoms with Gasteiger partial charge in [0, 0.05) is 12.3 Å². The third kappa shape index (κ3) is 4.93. The minimum Gasteiger partial charge on any atom is -0.465 e. The topological polar surface area (TPSA) is 126 Å². The van der Waals surface area contributed by atoms with Crippen molar-refractivity contribution in [3.05, 3.63) is 12.2 Å². The zero-order valence-corrected chi connectivity index (χ0v) is 29.5. The summed E-state index contributed by atoms with van der Waals surface area (Å²) in [5.74, 6) is 2.38. The molecule has 6 rings (SSSR count). The van der Waals surface area contributed by atoms with Crippen LogP contribution in [0.3, 0.4) is 0 Å². The van der Waals surface area contributed by atoms with E-state index in [9.17, 15) is 25.2 Å². The van der Waals surface area contributed by atoms with Crippen molar-refractivity contribution >= 4 is 5.97 Å². The zero-order chi connectivity index (χ0) is 33.6. The van der Waals surface area contributed by atoms with E-state index in [1.54, 1.807) is 6.92 Å². The lowest BCUT2D eigenvalue weighted by atomic mass is 9.32. The van der Waals surface area contributed by atoms with Crippen molar-refractivity contribution in [2.75, 3.05) is 13.2 Å². The van der Waals surface area contributed by atoms with Crippen LogP contribution in [0.25, 0.3) is 0 Å². The van der Waals surface area contributed by atoms with Gasteiger partial charge in [-0.1, -0.05) is 46.8 Å². The molecule has 0 radical (unpaired) electrons. The van der Waals surface area contributed by atoms with Crippen LogP contribution in [0.15, 0.2) is 12.2 Å². The van der Waals surface area contributed by atoms with Gasteiger partial charge in [-0.05, 0) is 122 Å². The first kappa shape index (κ1) is 34.8. The molecule has 0 bridgehead atoms. The van der Waals surface area contributed by atoms with Gasteiger partial charge in [-0.25, -0.2) is 0 Å². The van der Waals surface area contributed by atoms with Gasteiger partial charge in [0.15, 0.2) is 6.29 Å². The van der Waals surface area contributed by atoms with Crippen LogP contribution < -0.4 is 0 Å². The lowest BCUT2D eigenvalue weighted by Gasteiger charge is -2.73. The van der Waals surface area contributed by atoms with E-state index in [-0.39, 0.29) is 39.1 Å². The molecule has 1 aliphatic heterocycles. The maximum Gasteiger partial charge on any atom is 0.302 e. The average molecular weight is 647 g/mol. The monoisotopic (exact) mass is 646 g/mol. The van der Waals surface area contributed by atoms with Crippen molar-refractivity contribution in [1.29, 1.82) is 0 Å². The molecule has 6 fully saturated rings. The number of hydrogen-bond donors (Lipinski definition) is 4. The number of allylic oxidation sites excluding steroid dienone is 1. The van der Waals surface area contributed by atoms with Crippen molar-refractivity contribution in [2.24, 2.45) is 56.7 Å². The Kier molecular flexibility index (Phi) is 8.93. The van der Waals surface area contributed by atoms with Gasteiger partial charge < -0.3 is 34.6 Å². The van der Waals surface area contributed by atoms with Crippen molar-refractivity contribution in [3.63, 3.8) is 0 Å². The van der Waals surface area contributed by atoms with E-state index in [2.05, 4.69) is 48.1 Å². The Morgan fingerprint density at radius 2 is 1.57 bits per heavy atom. The molecular formula is C38H62O8. The molecule has 1 heterocycles. The molecular weight excluding hydrogens is 584 g/mol. The fourth-order valence-corrected chi connectivity index (χ4v) is 13.4. The first-order chi connectivity index (χ1) is 21.5. The van der Waals surface area contributed by atoms with E-state index in [0.717, 1.165) is 44.9 Å². The molecule has 0 aromatic heterocycles. The first-order valence-corrected chi connectivity index (χ1v) is 18.2. The molecule has 1 saturated heterocycles. The summed E-state index contributed by atoms with van der Waals surface area (Å²) in [6.07, 6.45) is 4.68. The fraction of sp³-hybridized carbons (Fsp3) is 0.921. The van der Waals surface area contributed by atoms with Crippen molar-refractivity contribution < 1.29 is 39.4 Å². The molecule has 0 amide bonds. The van der Waals surface area contributed by atoms with Crippen LogP contribution >= 0.6 is 0 Å². The molecule has 1 unspecified atom stereocenters. The molecule has 6 aliphatic rings. The number of carbonyl (C=O) groups excluding carboxylic acids is 1. The van der Waals surface area contributed by atoms with Crippen LogP contribution in [0, 0.1) is 56.7 Å². The second-order valence-corrected chi connectivity index (χ2v) is 18.0. The van der Waals surface area contributed by atoms with E-state index in [1.165, 1.54) is 24.8 Å². The number of rotatable bonds is 6. The van der Waals surface area contributed by atoms with Crippen LogP contribution in [0.5, 0.6) is 0 Å². The van der Waals surface area contributed by atoms with Crippen LogP contribution in [0.4, 0.5) is 0 Å². The Hall–Kier alpha value is -1.03. The predicted molar refractivity (Wildman–Crippen MR) is 174 cm³/mol. The summed E-state index contributed by atoms with van der Waals surface area (Å²) >= 11 is 0. The van der Waals surface area contributed by atoms with Crippen molar-refractivity contribution in [1.82, 2.24) is 0 Å². The van der Waals surface area contributed by atoms with Crippen LogP contribution in [0.1, 0.15) is 113 Å². The Morgan fingerprint density at radius 1 is 0.848 bits per heavy atom. The summed E-state index contributed by atoms with van der Waals surface area (Å²) in [5.41, 5.74) is 1.64. The van der Waals surface area contributed by atoms with Gasteiger partial charge in [0.05, 0.1) is 19.3 Å². The number of esters is 1. The third-order valence-corrected chi connectivity index (χ3v) is 15.9. The molecule has 5 saturated carbocycles. The fourth-order valence-electron chi connectivity index (χ4n) is 13.4. The highest BCUT2D eigenvalue weighted by molar-refractivity contribution is 5.65. The summed E-state index contributed by atoms with van der Waals surface area (Å²) in [6, 6.07) is 0. The first-order valence-electron chi connectivity index (χ1n) is 18.2. The number of aliphatic hydroxyl groups is 4. The van der Waals surface area contributed by atoms with Gasteiger partial charge in [-0.3, -0.25) is 4.79 Å². The Morgan fingerprint density at radius 3 is 2.22 bits per heavy atom. The smallest absolute Gasteiger partial charge is 0.302 e. The van der Waals surface area contributed by atoms with Gasteiger partial charge in [-0.15, -0.1) is 0 Å².